The molecular formula is C17H19N3O5S. The summed E-state index contributed by atoms with van der Waals surface area (Å²) >= 11 is 0. The molecule has 0 bridgehead atoms. The van der Waals surface area contributed by atoms with Crippen molar-refractivity contribution in [2.24, 2.45) is 0 Å². The van der Waals surface area contributed by atoms with Gasteiger partial charge in [0.15, 0.2) is 0 Å². The first kappa shape index (κ1) is 19.3. The van der Waals surface area contributed by atoms with Crippen LogP contribution < -0.4 is 15.4 Å². The van der Waals surface area contributed by atoms with E-state index in [0.29, 0.717) is 17.1 Å². The average molecular weight is 377 g/mol. The van der Waals surface area contributed by atoms with E-state index in [2.05, 4.69) is 15.4 Å². The highest BCUT2D eigenvalue weighted by atomic mass is 32.2. The van der Waals surface area contributed by atoms with Crippen LogP contribution in [-0.4, -0.2) is 33.3 Å². The molecule has 2 amide bonds. The van der Waals surface area contributed by atoms with Gasteiger partial charge in [-0.05, 0) is 43.3 Å². The van der Waals surface area contributed by atoms with Crippen LogP contribution in [0.1, 0.15) is 17.3 Å². The van der Waals surface area contributed by atoms with Gasteiger partial charge in [-0.2, -0.15) is 0 Å². The third-order valence-electron chi connectivity index (χ3n) is 3.12. The summed E-state index contributed by atoms with van der Waals surface area (Å²) in [5.74, 6) is -0.528. The molecule has 26 heavy (non-hydrogen) atoms. The summed E-state index contributed by atoms with van der Waals surface area (Å²) in [6.07, 6.45) is 1.05. The Morgan fingerprint density at radius 1 is 0.962 bits per heavy atom. The lowest BCUT2D eigenvalue weighted by Crippen LogP contribution is -2.21. The van der Waals surface area contributed by atoms with E-state index in [-0.39, 0.29) is 12.2 Å². The van der Waals surface area contributed by atoms with Gasteiger partial charge in [0.05, 0.1) is 24.1 Å². The number of para-hydroxylation sites is 1. The molecule has 0 spiro atoms. The summed E-state index contributed by atoms with van der Waals surface area (Å²) in [6, 6.07) is 12.1. The second-order valence-electron chi connectivity index (χ2n) is 5.30. The molecule has 3 N–H and O–H groups in total. The van der Waals surface area contributed by atoms with Crippen LogP contribution in [0, 0.1) is 0 Å². The lowest BCUT2D eigenvalue weighted by Gasteiger charge is -2.11. The van der Waals surface area contributed by atoms with Crippen molar-refractivity contribution in [3.8, 4) is 0 Å². The Morgan fingerprint density at radius 2 is 1.58 bits per heavy atom. The molecule has 2 aromatic rings. The van der Waals surface area contributed by atoms with Gasteiger partial charge >= 0.3 is 12.0 Å². The van der Waals surface area contributed by atoms with Crippen molar-refractivity contribution in [2.45, 2.75) is 6.92 Å². The van der Waals surface area contributed by atoms with E-state index in [0.717, 1.165) is 6.26 Å². The Hall–Kier alpha value is -3.07. The van der Waals surface area contributed by atoms with Crippen LogP contribution in [0.2, 0.25) is 0 Å². The van der Waals surface area contributed by atoms with Gasteiger partial charge in [-0.3, -0.25) is 4.72 Å². The SMILES string of the molecule is CCOC(=O)c1ccccc1NC(=O)Nc1ccc(NS(C)(=O)=O)cc1. The highest BCUT2D eigenvalue weighted by Gasteiger charge is 2.14. The van der Waals surface area contributed by atoms with Gasteiger partial charge in [-0.15, -0.1) is 0 Å². The number of carbonyl (C=O) groups is 2. The zero-order valence-corrected chi connectivity index (χ0v) is 15.1. The fraction of sp³-hybridized carbons (Fsp3) is 0.176. The molecular weight excluding hydrogens is 358 g/mol. The number of nitrogens with one attached hydrogen (secondary N) is 3. The van der Waals surface area contributed by atoms with E-state index in [4.69, 9.17) is 4.74 Å². The van der Waals surface area contributed by atoms with Crippen molar-refractivity contribution in [3.05, 3.63) is 54.1 Å². The first-order valence-corrected chi connectivity index (χ1v) is 9.59. The lowest BCUT2D eigenvalue weighted by molar-refractivity contribution is 0.0527. The number of hydrogen-bond acceptors (Lipinski definition) is 5. The topological polar surface area (TPSA) is 114 Å². The van der Waals surface area contributed by atoms with Crippen LogP contribution >= 0.6 is 0 Å². The summed E-state index contributed by atoms with van der Waals surface area (Å²) in [6.45, 7) is 1.93. The van der Waals surface area contributed by atoms with E-state index >= 15 is 0 Å². The third kappa shape index (κ3) is 5.78. The number of ether oxygens (including phenoxy) is 1. The number of benzene rings is 2. The quantitative estimate of drug-likeness (QED) is 0.670. The number of rotatable bonds is 6. The number of anilines is 3. The van der Waals surface area contributed by atoms with Crippen molar-refractivity contribution >= 4 is 39.1 Å². The van der Waals surface area contributed by atoms with Crippen LogP contribution in [0.5, 0.6) is 0 Å². The Bertz CT molecular complexity index is 895. The molecule has 0 unspecified atom stereocenters. The summed E-state index contributed by atoms with van der Waals surface area (Å²) in [7, 11) is -3.36. The van der Waals surface area contributed by atoms with Crippen LogP contribution in [0.3, 0.4) is 0 Å². The lowest BCUT2D eigenvalue weighted by atomic mass is 10.2. The zero-order chi connectivity index (χ0) is 19.2. The van der Waals surface area contributed by atoms with Crippen LogP contribution in [-0.2, 0) is 14.8 Å². The predicted molar refractivity (Wildman–Crippen MR) is 99.9 cm³/mol. The summed E-state index contributed by atoms with van der Waals surface area (Å²) < 4.78 is 29.6. The number of esters is 1. The molecule has 0 fully saturated rings. The van der Waals surface area contributed by atoms with E-state index in [9.17, 15) is 18.0 Å². The fourth-order valence-corrected chi connectivity index (χ4v) is 2.66. The molecule has 2 rings (SSSR count). The largest absolute Gasteiger partial charge is 0.462 e. The molecule has 0 radical (unpaired) electrons. The standard InChI is InChI=1S/C17H19N3O5S/c1-3-25-16(21)14-6-4-5-7-15(14)19-17(22)18-12-8-10-13(11-9-12)20-26(2,23)24/h4-11,20H,3H2,1-2H3,(H2,18,19,22). The molecule has 0 saturated carbocycles. The first-order valence-electron chi connectivity index (χ1n) is 7.70. The average Bonchev–Trinajstić information content (AvgIpc) is 2.56. The number of sulfonamides is 1. The highest BCUT2D eigenvalue weighted by Crippen LogP contribution is 2.18. The molecule has 0 aliphatic carbocycles. The second-order valence-corrected chi connectivity index (χ2v) is 7.05. The number of urea groups is 1. The Labute approximate surface area is 151 Å². The van der Waals surface area contributed by atoms with Crippen LogP contribution in [0.4, 0.5) is 21.9 Å². The number of hydrogen-bond donors (Lipinski definition) is 3. The van der Waals surface area contributed by atoms with Gasteiger partial charge < -0.3 is 15.4 Å². The van der Waals surface area contributed by atoms with Crippen LogP contribution in [0.15, 0.2) is 48.5 Å². The summed E-state index contributed by atoms with van der Waals surface area (Å²) in [5, 5.41) is 5.19. The monoisotopic (exact) mass is 377 g/mol. The molecule has 0 atom stereocenters. The molecule has 0 aliphatic rings. The minimum atomic E-state index is -3.36. The summed E-state index contributed by atoms with van der Waals surface area (Å²) in [4.78, 5) is 24.0. The van der Waals surface area contributed by atoms with Gasteiger partial charge in [-0.1, -0.05) is 12.1 Å². The number of amides is 2. The molecule has 8 nitrogen and oxygen atoms in total. The van der Waals surface area contributed by atoms with Crippen molar-refractivity contribution < 1.29 is 22.7 Å². The molecule has 0 heterocycles. The molecule has 138 valence electrons. The number of carbonyl (C=O) groups excluding carboxylic acids is 2. The van der Waals surface area contributed by atoms with Crippen molar-refractivity contribution in [1.29, 1.82) is 0 Å². The van der Waals surface area contributed by atoms with E-state index in [1.165, 1.54) is 12.1 Å². The predicted octanol–water partition coefficient (Wildman–Crippen LogP) is 2.88. The van der Waals surface area contributed by atoms with Gasteiger partial charge in [0.2, 0.25) is 10.0 Å². The zero-order valence-electron chi connectivity index (χ0n) is 14.3. The van der Waals surface area contributed by atoms with E-state index in [1.807, 2.05) is 0 Å². The molecule has 9 heteroatoms. The molecule has 0 aliphatic heterocycles. The maximum Gasteiger partial charge on any atom is 0.340 e. The Kier molecular flexibility index (Phi) is 6.18. The maximum absolute atomic E-state index is 12.1. The van der Waals surface area contributed by atoms with Gasteiger partial charge in [0.1, 0.15) is 0 Å². The summed E-state index contributed by atoms with van der Waals surface area (Å²) in [5.41, 5.74) is 1.40. The molecule has 0 saturated heterocycles. The van der Waals surface area contributed by atoms with Crippen molar-refractivity contribution in [2.75, 3.05) is 28.2 Å². The second kappa shape index (κ2) is 8.34. The van der Waals surface area contributed by atoms with Crippen LogP contribution in [0.25, 0.3) is 0 Å². The van der Waals surface area contributed by atoms with Gasteiger partial charge in [0, 0.05) is 11.4 Å². The molecule has 0 aromatic heterocycles. The molecule has 2 aromatic carbocycles. The third-order valence-corrected chi connectivity index (χ3v) is 3.72. The van der Waals surface area contributed by atoms with Gasteiger partial charge in [-0.25, -0.2) is 18.0 Å². The van der Waals surface area contributed by atoms with Gasteiger partial charge in [0.25, 0.3) is 0 Å². The first-order chi connectivity index (χ1) is 12.3. The van der Waals surface area contributed by atoms with Crippen molar-refractivity contribution in [1.82, 2.24) is 0 Å². The Balaban J connectivity index is 2.04. The van der Waals surface area contributed by atoms with Crippen molar-refractivity contribution in [3.63, 3.8) is 0 Å². The smallest absolute Gasteiger partial charge is 0.340 e. The minimum Gasteiger partial charge on any atom is -0.462 e. The minimum absolute atomic E-state index is 0.229. The maximum atomic E-state index is 12.1. The van der Waals surface area contributed by atoms with E-state index < -0.39 is 22.0 Å². The fourth-order valence-electron chi connectivity index (χ4n) is 2.10. The Morgan fingerprint density at radius 3 is 2.19 bits per heavy atom. The normalized spacial score (nSPS) is 10.7. The van der Waals surface area contributed by atoms with E-state index in [1.54, 1.807) is 43.3 Å². The highest BCUT2D eigenvalue weighted by molar-refractivity contribution is 7.92.